The van der Waals surface area contributed by atoms with Gasteiger partial charge in [0.2, 0.25) is 0 Å². The second kappa shape index (κ2) is 3.29. The monoisotopic (exact) mass is 237 g/mol. The van der Waals surface area contributed by atoms with Crippen LogP contribution in [0, 0.1) is 0 Å². The van der Waals surface area contributed by atoms with Crippen molar-refractivity contribution in [2.24, 2.45) is 0 Å². The van der Waals surface area contributed by atoms with Gasteiger partial charge in [-0.1, -0.05) is 24.3 Å². The SMILES string of the molecule is Nc1ncnc2c1nc1n2CCc2ccccc2-1. The molecule has 0 spiro atoms. The number of nitrogens with two attached hydrogens (primary N) is 1. The number of nitrogens with zero attached hydrogens (tertiary/aromatic N) is 4. The minimum absolute atomic E-state index is 0.444. The third kappa shape index (κ3) is 1.13. The smallest absolute Gasteiger partial charge is 0.165 e. The maximum Gasteiger partial charge on any atom is 0.165 e. The summed E-state index contributed by atoms with van der Waals surface area (Å²) < 4.78 is 2.12. The first kappa shape index (κ1) is 9.58. The molecule has 0 saturated heterocycles. The van der Waals surface area contributed by atoms with Gasteiger partial charge in [0.25, 0.3) is 0 Å². The number of nitrogen functional groups attached to an aromatic ring is 1. The van der Waals surface area contributed by atoms with Gasteiger partial charge in [0.15, 0.2) is 17.0 Å². The van der Waals surface area contributed by atoms with E-state index < -0.39 is 0 Å². The average Bonchev–Trinajstić information content (AvgIpc) is 2.79. The fourth-order valence-corrected chi connectivity index (χ4v) is 2.56. The quantitative estimate of drug-likeness (QED) is 0.645. The van der Waals surface area contributed by atoms with Gasteiger partial charge in [-0.05, 0) is 12.0 Å². The molecule has 2 N–H and O–H groups in total. The summed E-state index contributed by atoms with van der Waals surface area (Å²) in [5.74, 6) is 1.39. The van der Waals surface area contributed by atoms with Crippen LogP contribution in [0.25, 0.3) is 22.6 Å². The number of anilines is 1. The predicted octanol–water partition coefficient (Wildman–Crippen LogP) is 1.63. The summed E-state index contributed by atoms with van der Waals surface area (Å²) in [6, 6.07) is 8.33. The second-order valence-corrected chi connectivity index (χ2v) is 4.43. The molecule has 5 heteroatoms. The Morgan fingerprint density at radius 3 is 3.00 bits per heavy atom. The van der Waals surface area contributed by atoms with E-state index in [1.54, 1.807) is 0 Å². The first-order valence-electron chi connectivity index (χ1n) is 5.89. The summed E-state index contributed by atoms with van der Waals surface area (Å²) in [4.78, 5) is 12.9. The van der Waals surface area contributed by atoms with Crippen LogP contribution in [0.1, 0.15) is 5.56 Å². The molecule has 0 atom stereocenters. The molecule has 3 heterocycles. The van der Waals surface area contributed by atoms with Crippen LogP contribution >= 0.6 is 0 Å². The van der Waals surface area contributed by atoms with Crippen LogP contribution in [-0.4, -0.2) is 19.5 Å². The van der Waals surface area contributed by atoms with E-state index >= 15 is 0 Å². The molecule has 5 nitrogen and oxygen atoms in total. The highest BCUT2D eigenvalue weighted by Crippen LogP contribution is 2.32. The van der Waals surface area contributed by atoms with Crippen molar-refractivity contribution in [1.82, 2.24) is 19.5 Å². The van der Waals surface area contributed by atoms with Crippen molar-refractivity contribution in [2.45, 2.75) is 13.0 Å². The Morgan fingerprint density at radius 2 is 2.06 bits per heavy atom. The number of aryl methyl sites for hydroxylation is 2. The Bertz CT molecular complexity index is 759. The molecular formula is C13H11N5. The molecule has 0 bridgehead atoms. The highest BCUT2D eigenvalue weighted by atomic mass is 15.2. The van der Waals surface area contributed by atoms with Crippen LogP contribution in [0.3, 0.4) is 0 Å². The lowest BCUT2D eigenvalue weighted by Gasteiger charge is -2.17. The normalized spacial score (nSPS) is 13.3. The average molecular weight is 237 g/mol. The zero-order chi connectivity index (χ0) is 12.1. The topological polar surface area (TPSA) is 69.6 Å². The molecule has 4 rings (SSSR count). The van der Waals surface area contributed by atoms with Gasteiger partial charge >= 0.3 is 0 Å². The Morgan fingerprint density at radius 1 is 1.17 bits per heavy atom. The molecule has 0 saturated carbocycles. The lowest BCUT2D eigenvalue weighted by Crippen LogP contribution is -2.11. The molecule has 1 aromatic carbocycles. The van der Waals surface area contributed by atoms with Crippen LogP contribution in [-0.2, 0) is 13.0 Å². The number of benzene rings is 1. The number of fused-ring (bicyclic) bond motifs is 5. The second-order valence-electron chi connectivity index (χ2n) is 4.43. The Kier molecular flexibility index (Phi) is 1.75. The van der Waals surface area contributed by atoms with Crippen LogP contribution in [0.2, 0.25) is 0 Å². The molecule has 3 aromatic rings. The minimum Gasteiger partial charge on any atom is -0.382 e. The van der Waals surface area contributed by atoms with Gasteiger partial charge in [-0.25, -0.2) is 15.0 Å². The highest BCUT2D eigenvalue weighted by Gasteiger charge is 2.21. The highest BCUT2D eigenvalue weighted by molar-refractivity contribution is 5.86. The van der Waals surface area contributed by atoms with Crippen molar-refractivity contribution < 1.29 is 0 Å². The van der Waals surface area contributed by atoms with Crippen LogP contribution in [0.15, 0.2) is 30.6 Å². The van der Waals surface area contributed by atoms with Crippen LogP contribution in [0.4, 0.5) is 5.82 Å². The van der Waals surface area contributed by atoms with Gasteiger partial charge in [0.1, 0.15) is 12.2 Å². The number of rotatable bonds is 0. The number of imidazole rings is 1. The number of aromatic nitrogens is 4. The Balaban J connectivity index is 2.11. The molecule has 0 aliphatic carbocycles. The molecule has 88 valence electrons. The van der Waals surface area contributed by atoms with Crippen molar-refractivity contribution in [3.05, 3.63) is 36.2 Å². The van der Waals surface area contributed by atoms with Crippen LogP contribution in [0.5, 0.6) is 0 Å². The number of hydrogen-bond donors (Lipinski definition) is 1. The molecule has 0 fully saturated rings. The van der Waals surface area contributed by atoms with Gasteiger partial charge in [-0.2, -0.15) is 0 Å². The van der Waals surface area contributed by atoms with Gasteiger partial charge < -0.3 is 10.3 Å². The lowest BCUT2D eigenvalue weighted by atomic mass is 10.0. The fraction of sp³-hybridized carbons (Fsp3) is 0.154. The zero-order valence-corrected chi connectivity index (χ0v) is 9.67. The lowest BCUT2D eigenvalue weighted by molar-refractivity contribution is 0.696. The van der Waals surface area contributed by atoms with E-state index in [0.717, 1.165) is 24.4 Å². The summed E-state index contributed by atoms with van der Waals surface area (Å²) in [6.45, 7) is 0.888. The van der Waals surface area contributed by atoms with E-state index in [0.29, 0.717) is 11.3 Å². The molecule has 18 heavy (non-hydrogen) atoms. The van der Waals surface area contributed by atoms with Crippen molar-refractivity contribution in [3.8, 4) is 11.4 Å². The molecule has 0 amide bonds. The first-order valence-corrected chi connectivity index (χ1v) is 5.89. The summed E-state index contributed by atoms with van der Waals surface area (Å²) >= 11 is 0. The molecule has 0 radical (unpaired) electrons. The van der Waals surface area contributed by atoms with Gasteiger partial charge in [-0.15, -0.1) is 0 Å². The minimum atomic E-state index is 0.444. The van der Waals surface area contributed by atoms with E-state index in [2.05, 4.69) is 37.7 Å². The summed E-state index contributed by atoms with van der Waals surface area (Å²) in [7, 11) is 0. The summed E-state index contributed by atoms with van der Waals surface area (Å²) in [6.07, 6.45) is 2.49. The molecule has 0 unspecified atom stereocenters. The van der Waals surface area contributed by atoms with Gasteiger partial charge in [0, 0.05) is 12.1 Å². The third-order valence-electron chi connectivity index (χ3n) is 3.42. The maximum atomic E-state index is 5.86. The Hall–Kier alpha value is -2.43. The van der Waals surface area contributed by atoms with Gasteiger partial charge in [-0.3, -0.25) is 0 Å². The van der Waals surface area contributed by atoms with Crippen molar-refractivity contribution in [3.63, 3.8) is 0 Å². The predicted molar refractivity (Wildman–Crippen MR) is 68.9 cm³/mol. The third-order valence-corrected chi connectivity index (χ3v) is 3.42. The molecule has 2 aromatic heterocycles. The molecule has 1 aliphatic rings. The van der Waals surface area contributed by atoms with E-state index in [1.165, 1.54) is 17.5 Å². The van der Waals surface area contributed by atoms with E-state index in [9.17, 15) is 0 Å². The largest absolute Gasteiger partial charge is 0.382 e. The van der Waals surface area contributed by atoms with E-state index in [1.807, 2.05) is 6.07 Å². The first-order chi connectivity index (χ1) is 8.84. The Labute approximate surface area is 103 Å². The summed E-state index contributed by atoms with van der Waals surface area (Å²) in [5.41, 5.74) is 9.88. The summed E-state index contributed by atoms with van der Waals surface area (Å²) in [5, 5.41) is 0. The van der Waals surface area contributed by atoms with Gasteiger partial charge in [0.05, 0.1) is 0 Å². The van der Waals surface area contributed by atoms with E-state index in [4.69, 9.17) is 5.73 Å². The fourth-order valence-electron chi connectivity index (χ4n) is 2.56. The van der Waals surface area contributed by atoms with Crippen molar-refractivity contribution in [1.29, 1.82) is 0 Å². The van der Waals surface area contributed by atoms with Crippen LogP contribution < -0.4 is 5.73 Å². The van der Waals surface area contributed by atoms with E-state index in [-0.39, 0.29) is 0 Å². The van der Waals surface area contributed by atoms with Crippen molar-refractivity contribution in [2.75, 3.05) is 5.73 Å². The number of hydrogen-bond acceptors (Lipinski definition) is 4. The standard InChI is InChI=1S/C13H11N5/c14-11-10-13(16-7-15-11)18-6-5-8-3-1-2-4-9(8)12(18)17-10/h1-4,7H,5-6H2,(H2,14,15,16). The zero-order valence-electron chi connectivity index (χ0n) is 9.67. The maximum absolute atomic E-state index is 5.86. The molecule has 1 aliphatic heterocycles. The molecular weight excluding hydrogens is 226 g/mol. The van der Waals surface area contributed by atoms with Crippen molar-refractivity contribution >= 4 is 17.0 Å².